The highest BCUT2D eigenvalue weighted by molar-refractivity contribution is 6.32. The maximum Gasteiger partial charge on any atom is 0.227 e. The fourth-order valence-electron chi connectivity index (χ4n) is 4.78. The first-order valence-corrected chi connectivity index (χ1v) is 12.2. The maximum absolute atomic E-state index is 12.9. The zero-order valence-electron chi connectivity index (χ0n) is 19.8. The van der Waals surface area contributed by atoms with Gasteiger partial charge in [0, 0.05) is 29.6 Å². The SMILES string of the molecule is Cc1cc(OCC(O)Cn2c(C3CC(=O)N(c4ccccc4)C3)nc3ccccc32)cc(C)c1Cl. The lowest BCUT2D eigenvalue weighted by atomic mass is 10.1. The van der Waals surface area contributed by atoms with Gasteiger partial charge in [-0.3, -0.25) is 4.79 Å². The molecule has 6 nitrogen and oxygen atoms in total. The number of carbonyl (C=O) groups excluding carboxylic acids is 1. The van der Waals surface area contributed by atoms with E-state index >= 15 is 0 Å². The average Bonchev–Trinajstić information content (AvgIpc) is 3.42. The maximum atomic E-state index is 12.9. The van der Waals surface area contributed by atoms with E-state index in [0.29, 0.717) is 25.3 Å². The van der Waals surface area contributed by atoms with Crippen molar-refractivity contribution in [2.75, 3.05) is 18.1 Å². The summed E-state index contributed by atoms with van der Waals surface area (Å²) in [7, 11) is 0. The van der Waals surface area contributed by atoms with Gasteiger partial charge in [-0.1, -0.05) is 41.9 Å². The number of anilines is 1. The molecule has 2 unspecified atom stereocenters. The number of aliphatic hydroxyl groups excluding tert-OH is 1. The van der Waals surface area contributed by atoms with Gasteiger partial charge in [0.25, 0.3) is 0 Å². The molecule has 1 amide bonds. The van der Waals surface area contributed by atoms with Crippen LogP contribution in [0.2, 0.25) is 5.02 Å². The van der Waals surface area contributed by atoms with Crippen LogP contribution in [-0.4, -0.2) is 39.8 Å². The highest BCUT2D eigenvalue weighted by Gasteiger charge is 2.35. The largest absolute Gasteiger partial charge is 0.491 e. The van der Waals surface area contributed by atoms with E-state index < -0.39 is 6.10 Å². The summed E-state index contributed by atoms with van der Waals surface area (Å²) in [6, 6.07) is 21.3. The quantitative estimate of drug-likeness (QED) is 0.384. The average molecular weight is 490 g/mol. The van der Waals surface area contributed by atoms with Crippen molar-refractivity contribution in [1.29, 1.82) is 0 Å². The minimum atomic E-state index is -0.759. The van der Waals surface area contributed by atoms with E-state index in [9.17, 15) is 9.90 Å². The molecule has 7 heteroatoms. The summed E-state index contributed by atoms with van der Waals surface area (Å²) in [5.41, 5.74) is 4.56. The van der Waals surface area contributed by atoms with Crippen LogP contribution >= 0.6 is 11.6 Å². The molecule has 3 aromatic carbocycles. The molecule has 2 atom stereocenters. The van der Waals surface area contributed by atoms with Crippen LogP contribution in [0.25, 0.3) is 11.0 Å². The molecule has 5 rings (SSSR count). The molecule has 1 fully saturated rings. The molecule has 0 aliphatic carbocycles. The minimum absolute atomic E-state index is 0.0650. The van der Waals surface area contributed by atoms with E-state index in [-0.39, 0.29) is 18.4 Å². The second-order valence-corrected chi connectivity index (χ2v) is 9.52. The van der Waals surface area contributed by atoms with E-state index in [1.807, 2.05) is 90.0 Å². The number of ether oxygens (including phenoxy) is 1. The molecule has 1 aromatic heterocycles. The third-order valence-corrected chi connectivity index (χ3v) is 7.08. The topological polar surface area (TPSA) is 67.6 Å². The van der Waals surface area contributed by atoms with Crippen molar-refractivity contribution in [1.82, 2.24) is 9.55 Å². The summed E-state index contributed by atoms with van der Waals surface area (Å²) in [4.78, 5) is 19.6. The molecule has 0 bridgehead atoms. The lowest BCUT2D eigenvalue weighted by Gasteiger charge is -2.19. The number of para-hydroxylation sites is 3. The predicted molar refractivity (Wildman–Crippen MR) is 138 cm³/mol. The molecule has 1 N–H and O–H groups in total. The summed E-state index contributed by atoms with van der Waals surface area (Å²) < 4.78 is 7.93. The van der Waals surface area contributed by atoms with Crippen molar-refractivity contribution in [3.63, 3.8) is 0 Å². The van der Waals surface area contributed by atoms with Gasteiger partial charge in [0.15, 0.2) is 0 Å². The van der Waals surface area contributed by atoms with Gasteiger partial charge < -0.3 is 19.3 Å². The number of aryl methyl sites for hydroxylation is 2. The Morgan fingerprint density at radius 1 is 1.09 bits per heavy atom. The van der Waals surface area contributed by atoms with Crippen LogP contribution in [0, 0.1) is 13.8 Å². The molecule has 0 spiro atoms. The molecule has 0 radical (unpaired) electrons. The van der Waals surface area contributed by atoms with Crippen LogP contribution in [0.3, 0.4) is 0 Å². The number of nitrogens with zero attached hydrogens (tertiary/aromatic N) is 3. The van der Waals surface area contributed by atoms with E-state index in [1.165, 1.54) is 0 Å². The van der Waals surface area contributed by atoms with Gasteiger partial charge in [0.2, 0.25) is 5.91 Å². The molecular weight excluding hydrogens is 462 g/mol. The first kappa shape index (κ1) is 23.4. The van der Waals surface area contributed by atoms with Crippen molar-refractivity contribution in [3.8, 4) is 5.75 Å². The Kier molecular flexibility index (Phi) is 6.50. The Morgan fingerprint density at radius 3 is 2.51 bits per heavy atom. The lowest BCUT2D eigenvalue weighted by molar-refractivity contribution is -0.117. The third-order valence-electron chi connectivity index (χ3n) is 6.49. The smallest absolute Gasteiger partial charge is 0.227 e. The lowest BCUT2D eigenvalue weighted by Crippen LogP contribution is -2.26. The normalized spacial score (nSPS) is 16.7. The summed E-state index contributed by atoms with van der Waals surface area (Å²) in [6.07, 6.45) is -0.376. The Bertz CT molecular complexity index is 1350. The van der Waals surface area contributed by atoms with E-state index in [2.05, 4.69) is 0 Å². The van der Waals surface area contributed by atoms with Crippen LogP contribution in [0.4, 0.5) is 5.69 Å². The van der Waals surface area contributed by atoms with Crippen molar-refractivity contribution in [3.05, 3.63) is 88.7 Å². The van der Waals surface area contributed by atoms with Gasteiger partial charge in [0.1, 0.15) is 24.3 Å². The van der Waals surface area contributed by atoms with Crippen LogP contribution in [0.5, 0.6) is 5.75 Å². The fourth-order valence-corrected chi connectivity index (χ4v) is 4.89. The van der Waals surface area contributed by atoms with Gasteiger partial charge in [-0.2, -0.15) is 0 Å². The number of aromatic nitrogens is 2. The number of halogens is 1. The molecule has 4 aromatic rings. The van der Waals surface area contributed by atoms with E-state index in [4.69, 9.17) is 21.3 Å². The van der Waals surface area contributed by atoms with Gasteiger partial charge in [-0.15, -0.1) is 0 Å². The van der Waals surface area contributed by atoms with Crippen LogP contribution < -0.4 is 9.64 Å². The highest BCUT2D eigenvalue weighted by Crippen LogP contribution is 2.33. The summed E-state index contributed by atoms with van der Waals surface area (Å²) in [5, 5.41) is 11.6. The number of amides is 1. The molecule has 2 heterocycles. The van der Waals surface area contributed by atoms with Gasteiger partial charge >= 0.3 is 0 Å². The number of benzene rings is 3. The van der Waals surface area contributed by atoms with Gasteiger partial charge in [-0.25, -0.2) is 4.98 Å². The molecule has 1 aliphatic rings. The first-order valence-electron chi connectivity index (χ1n) is 11.8. The van der Waals surface area contributed by atoms with Crippen molar-refractivity contribution >= 4 is 34.2 Å². The summed E-state index contributed by atoms with van der Waals surface area (Å²) in [5.74, 6) is 1.51. The number of carbonyl (C=O) groups is 1. The number of imidazole rings is 1. The monoisotopic (exact) mass is 489 g/mol. The predicted octanol–water partition coefficient (Wildman–Crippen LogP) is 5.27. The molecule has 35 heavy (non-hydrogen) atoms. The Hall–Kier alpha value is -3.35. The molecule has 0 saturated carbocycles. The number of rotatable bonds is 7. The number of aliphatic hydroxyl groups is 1. The number of fused-ring (bicyclic) bond motifs is 1. The highest BCUT2D eigenvalue weighted by atomic mass is 35.5. The Balaban J connectivity index is 1.37. The van der Waals surface area contributed by atoms with Crippen LogP contribution in [0.1, 0.15) is 29.3 Å². The fraction of sp³-hybridized carbons (Fsp3) is 0.286. The molecule has 180 valence electrons. The molecule has 1 aliphatic heterocycles. The van der Waals surface area contributed by atoms with Crippen LogP contribution in [0.15, 0.2) is 66.7 Å². The second kappa shape index (κ2) is 9.72. The first-order chi connectivity index (χ1) is 16.9. The van der Waals surface area contributed by atoms with E-state index in [0.717, 1.165) is 38.7 Å². The van der Waals surface area contributed by atoms with Gasteiger partial charge in [-0.05, 0) is 61.4 Å². The summed E-state index contributed by atoms with van der Waals surface area (Å²) in [6.45, 7) is 4.88. The standard InChI is InChI=1S/C28H28ClN3O3/c1-18-12-23(13-19(2)27(18)29)35-17-22(33)16-32-25-11-7-6-10-24(25)30-28(32)20-14-26(34)31(15-20)21-8-4-3-5-9-21/h3-13,20,22,33H,14-17H2,1-2H3. The third kappa shape index (κ3) is 4.77. The van der Waals surface area contributed by atoms with Gasteiger partial charge in [0.05, 0.1) is 17.6 Å². The zero-order valence-corrected chi connectivity index (χ0v) is 20.6. The molecular formula is C28H28ClN3O3. The minimum Gasteiger partial charge on any atom is -0.491 e. The summed E-state index contributed by atoms with van der Waals surface area (Å²) >= 11 is 6.26. The van der Waals surface area contributed by atoms with Crippen molar-refractivity contribution < 1.29 is 14.6 Å². The van der Waals surface area contributed by atoms with E-state index in [1.54, 1.807) is 0 Å². The zero-order chi connectivity index (χ0) is 24.5. The second-order valence-electron chi connectivity index (χ2n) is 9.15. The Morgan fingerprint density at radius 2 is 1.77 bits per heavy atom. The van der Waals surface area contributed by atoms with Crippen LogP contribution in [-0.2, 0) is 11.3 Å². The van der Waals surface area contributed by atoms with Crippen molar-refractivity contribution in [2.45, 2.75) is 38.8 Å². The molecule has 1 saturated heterocycles. The number of hydrogen-bond donors (Lipinski definition) is 1. The van der Waals surface area contributed by atoms with Crippen molar-refractivity contribution in [2.24, 2.45) is 0 Å². The Labute approximate surface area is 209 Å². The number of hydrogen-bond acceptors (Lipinski definition) is 4.